The number of methoxy groups -OCH3 is 2. The van der Waals surface area contributed by atoms with E-state index < -0.39 is 0 Å². The molecule has 0 amide bonds. The third-order valence-corrected chi connectivity index (χ3v) is 2.87. The Hall–Kier alpha value is -0.160. The van der Waals surface area contributed by atoms with E-state index in [4.69, 9.17) is 18.9 Å². The molecule has 0 aliphatic carbocycles. The Morgan fingerprint density at radius 3 is 2.69 bits per heavy atom. The van der Waals surface area contributed by atoms with Crippen molar-refractivity contribution in [2.75, 3.05) is 27.4 Å². The molecular formula is C9H16O4. The fourth-order valence-electron chi connectivity index (χ4n) is 2.26. The van der Waals surface area contributed by atoms with E-state index in [1.54, 1.807) is 14.2 Å². The van der Waals surface area contributed by atoms with Crippen LogP contribution in [0.2, 0.25) is 0 Å². The number of fused-ring (bicyclic) bond motifs is 1. The summed E-state index contributed by atoms with van der Waals surface area (Å²) in [5.41, 5.74) is -0.241. The molecule has 2 fully saturated rings. The zero-order valence-electron chi connectivity index (χ0n) is 8.28. The Kier molecular flexibility index (Phi) is 2.32. The van der Waals surface area contributed by atoms with Gasteiger partial charge in [0, 0.05) is 14.2 Å². The van der Waals surface area contributed by atoms with Gasteiger partial charge in [0.1, 0.15) is 17.8 Å². The molecule has 0 aromatic heterocycles. The summed E-state index contributed by atoms with van der Waals surface area (Å²) in [6, 6.07) is 0. The molecule has 0 aromatic carbocycles. The molecule has 4 atom stereocenters. The van der Waals surface area contributed by atoms with E-state index in [-0.39, 0.29) is 23.9 Å². The van der Waals surface area contributed by atoms with Crippen molar-refractivity contribution in [3.8, 4) is 0 Å². The highest BCUT2D eigenvalue weighted by Gasteiger charge is 2.61. The maximum Gasteiger partial charge on any atom is 0.144 e. The van der Waals surface area contributed by atoms with Crippen molar-refractivity contribution in [2.24, 2.45) is 0 Å². The Balaban J connectivity index is 2.08. The minimum Gasteiger partial charge on any atom is -0.381 e. The summed E-state index contributed by atoms with van der Waals surface area (Å²) in [5, 5.41) is 0. The van der Waals surface area contributed by atoms with Gasteiger partial charge in [-0.2, -0.15) is 0 Å². The van der Waals surface area contributed by atoms with Crippen molar-refractivity contribution in [2.45, 2.75) is 30.8 Å². The van der Waals surface area contributed by atoms with E-state index in [0.717, 1.165) is 0 Å². The lowest BCUT2D eigenvalue weighted by Crippen LogP contribution is -2.61. The van der Waals surface area contributed by atoms with Crippen LogP contribution in [0, 0.1) is 0 Å². The van der Waals surface area contributed by atoms with Gasteiger partial charge in [-0.05, 0) is 6.92 Å². The van der Waals surface area contributed by atoms with E-state index in [1.807, 2.05) is 6.92 Å². The molecule has 0 bridgehead atoms. The maximum absolute atomic E-state index is 5.82. The molecule has 0 saturated carbocycles. The first-order valence-electron chi connectivity index (χ1n) is 4.54. The molecule has 4 unspecified atom stereocenters. The largest absolute Gasteiger partial charge is 0.381 e. The maximum atomic E-state index is 5.82. The molecule has 4 nitrogen and oxygen atoms in total. The molecule has 2 heterocycles. The smallest absolute Gasteiger partial charge is 0.144 e. The van der Waals surface area contributed by atoms with Gasteiger partial charge < -0.3 is 18.9 Å². The first-order valence-corrected chi connectivity index (χ1v) is 4.54. The van der Waals surface area contributed by atoms with Gasteiger partial charge in [0.2, 0.25) is 0 Å². The summed E-state index contributed by atoms with van der Waals surface area (Å²) in [6.07, 6.45) is 0.184. The van der Waals surface area contributed by atoms with E-state index in [1.165, 1.54) is 0 Å². The second-order valence-corrected chi connectivity index (χ2v) is 3.75. The molecular weight excluding hydrogens is 172 g/mol. The quantitative estimate of drug-likeness (QED) is 0.634. The number of ether oxygens (including phenoxy) is 4. The monoisotopic (exact) mass is 188 g/mol. The second-order valence-electron chi connectivity index (χ2n) is 3.75. The molecule has 0 radical (unpaired) electrons. The van der Waals surface area contributed by atoms with Crippen LogP contribution in [0.15, 0.2) is 0 Å². The van der Waals surface area contributed by atoms with Gasteiger partial charge in [0.05, 0.1) is 19.3 Å². The first kappa shape index (κ1) is 9.40. The van der Waals surface area contributed by atoms with E-state index in [2.05, 4.69) is 0 Å². The summed E-state index contributed by atoms with van der Waals surface area (Å²) < 4.78 is 21.7. The Morgan fingerprint density at radius 1 is 1.46 bits per heavy atom. The highest BCUT2D eigenvalue weighted by molar-refractivity contribution is 5.08. The molecule has 0 N–H and O–H groups in total. The van der Waals surface area contributed by atoms with E-state index >= 15 is 0 Å². The van der Waals surface area contributed by atoms with Crippen molar-refractivity contribution in [3.05, 3.63) is 0 Å². The highest BCUT2D eigenvalue weighted by atomic mass is 16.7. The zero-order valence-corrected chi connectivity index (χ0v) is 8.28. The minimum absolute atomic E-state index is 0.0453. The minimum atomic E-state index is -0.241. The topological polar surface area (TPSA) is 36.9 Å². The van der Waals surface area contributed by atoms with Crippen LogP contribution >= 0.6 is 0 Å². The molecule has 2 saturated heterocycles. The summed E-state index contributed by atoms with van der Waals surface area (Å²) >= 11 is 0. The molecule has 2 aliphatic heterocycles. The van der Waals surface area contributed by atoms with Crippen molar-refractivity contribution in [3.63, 3.8) is 0 Å². The summed E-state index contributed by atoms with van der Waals surface area (Å²) in [7, 11) is 3.37. The van der Waals surface area contributed by atoms with Crippen LogP contribution in [0.3, 0.4) is 0 Å². The number of hydrogen-bond donors (Lipinski definition) is 0. The van der Waals surface area contributed by atoms with E-state index in [0.29, 0.717) is 13.2 Å². The van der Waals surface area contributed by atoms with Gasteiger partial charge in [0.15, 0.2) is 0 Å². The molecule has 13 heavy (non-hydrogen) atoms. The zero-order chi connectivity index (χ0) is 9.47. The van der Waals surface area contributed by atoms with Crippen LogP contribution in [0.25, 0.3) is 0 Å². The van der Waals surface area contributed by atoms with Crippen LogP contribution in [-0.2, 0) is 18.9 Å². The van der Waals surface area contributed by atoms with Crippen molar-refractivity contribution >= 4 is 0 Å². The number of hydrogen-bond acceptors (Lipinski definition) is 4. The Morgan fingerprint density at radius 2 is 2.23 bits per heavy atom. The van der Waals surface area contributed by atoms with Gasteiger partial charge in [-0.25, -0.2) is 0 Å². The first-order chi connectivity index (χ1) is 6.23. The third-order valence-electron chi connectivity index (χ3n) is 2.87. The normalized spacial score (nSPS) is 48.7. The van der Waals surface area contributed by atoms with Crippen LogP contribution in [-0.4, -0.2) is 51.3 Å². The second kappa shape index (κ2) is 3.20. The van der Waals surface area contributed by atoms with Crippen LogP contribution < -0.4 is 0 Å². The van der Waals surface area contributed by atoms with Crippen LogP contribution in [0.4, 0.5) is 0 Å². The van der Waals surface area contributed by atoms with E-state index in [9.17, 15) is 0 Å². The highest BCUT2D eigenvalue weighted by Crippen LogP contribution is 2.42. The standard InChI is InChI=1S/C9H16O4/c1-6-7(11-3)8-9(13-6,4-10-2)5-12-8/h6-8H,4-5H2,1-3H3. The van der Waals surface area contributed by atoms with Crippen LogP contribution in [0.5, 0.6) is 0 Å². The fourth-order valence-corrected chi connectivity index (χ4v) is 2.26. The molecule has 4 heteroatoms. The lowest BCUT2D eigenvalue weighted by atomic mass is 9.91. The van der Waals surface area contributed by atoms with Crippen molar-refractivity contribution in [1.82, 2.24) is 0 Å². The van der Waals surface area contributed by atoms with Gasteiger partial charge in [-0.15, -0.1) is 0 Å². The Labute approximate surface area is 78.1 Å². The molecule has 2 rings (SSSR count). The van der Waals surface area contributed by atoms with Gasteiger partial charge in [-0.1, -0.05) is 0 Å². The molecule has 0 aromatic rings. The summed E-state index contributed by atoms with van der Waals surface area (Å²) in [6.45, 7) is 3.21. The predicted octanol–water partition coefficient (Wildman–Crippen LogP) is 0.204. The molecule has 2 aliphatic rings. The summed E-state index contributed by atoms with van der Waals surface area (Å²) in [5.74, 6) is 0. The Bertz CT molecular complexity index is 196. The van der Waals surface area contributed by atoms with Gasteiger partial charge in [-0.3, -0.25) is 0 Å². The average Bonchev–Trinajstić information content (AvgIpc) is 2.26. The van der Waals surface area contributed by atoms with Gasteiger partial charge in [0.25, 0.3) is 0 Å². The van der Waals surface area contributed by atoms with Gasteiger partial charge >= 0.3 is 0 Å². The lowest BCUT2D eigenvalue weighted by molar-refractivity contribution is -0.246. The fraction of sp³-hybridized carbons (Fsp3) is 1.00. The average molecular weight is 188 g/mol. The van der Waals surface area contributed by atoms with Crippen LogP contribution in [0.1, 0.15) is 6.92 Å². The SMILES string of the molecule is COCC12COC1C(OC)C(C)O2. The number of rotatable bonds is 3. The molecule has 0 spiro atoms. The summed E-state index contributed by atoms with van der Waals surface area (Å²) in [4.78, 5) is 0. The van der Waals surface area contributed by atoms with Crippen molar-refractivity contribution < 1.29 is 18.9 Å². The predicted molar refractivity (Wildman–Crippen MR) is 45.7 cm³/mol. The molecule has 76 valence electrons. The van der Waals surface area contributed by atoms with Crippen molar-refractivity contribution in [1.29, 1.82) is 0 Å². The lowest BCUT2D eigenvalue weighted by Gasteiger charge is -2.43. The third kappa shape index (κ3) is 1.21.